The molecule has 158 valence electrons. The maximum absolute atomic E-state index is 14.2. The molecular weight excluding hydrogens is 403 g/mol. The van der Waals surface area contributed by atoms with Crippen molar-refractivity contribution in [3.05, 3.63) is 64.3 Å². The summed E-state index contributed by atoms with van der Waals surface area (Å²) in [4.78, 5) is 15.9. The number of carbonyl (C=O) groups excluding carboxylic acids is 1. The van der Waals surface area contributed by atoms with E-state index in [2.05, 4.69) is 10.2 Å². The van der Waals surface area contributed by atoms with Crippen molar-refractivity contribution >= 4 is 27.3 Å². The van der Waals surface area contributed by atoms with Gasteiger partial charge in [-0.2, -0.15) is 0 Å². The van der Waals surface area contributed by atoms with Gasteiger partial charge in [0.1, 0.15) is 11.6 Å². The Hall–Kier alpha value is -2.48. The second kappa shape index (κ2) is 9.12. The second-order valence-corrected chi connectivity index (χ2v) is 8.37. The van der Waals surface area contributed by atoms with Crippen LogP contribution < -0.4 is 10.1 Å². The van der Waals surface area contributed by atoms with E-state index in [1.165, 1.54) is 17.4 Å². The lowest BCUT2D eigenvalue weighted by Crippen LogP contribution is -2.43. The molecule has 1 amide bonds. The molecule has 7 heteroatoms. The third-order valence-corrected chi connectivity index (χ3v) is 6.81. The largest absolute Gasteiger partial charge is 0.497 e. The van der Waals surface area contributed by atoms with E-state index in [9.17, 15) is 9.18 Å². The Kier molecular flexibility index (Phi) is 6.32. The maximum Gasteiger partial charge on any atom is 0.261 e. The topological polar surface area (TPSA) is 50.8 Å². The van der Waals surface area contributed by atoms with E-state index in [0.717, 1.165) is 29.1 Å². The third-order valence-electron chi connectivity index (χ3n) is 5.55. The number of halogens is 1. The lowest BCUT2D eigenvalue weighted by Gasteiger charge is -2.35. The summed E-state index contributed by atoms with van der Waals surface area (Å²) in [5.41, 5.74) is 1.80. The number of methoxy groups -OCH3 is 1. The number of hydrogen-bond donors (Lipinski definition) is 1. The molecule has 1 aliphatic rings. The Balaban J connectivity index is 1.55. The monoisotopic (exact) mass is 428 g/mol. The van der Waals surface area contributed by atoms with Gasteiger partial charge in [0.2, 0.25) is 0 Å². The summed E-state index contributed by atoms with van der Waals surface area (Å²) < 4.78 is 25.8. The van der Waals surface area contributed by atoms with Crippen molar-refractivity contribution in [1.82, 2.24) is 10.2 Å². The van der Waals surface area contributed by atoms with Crippen molar-refractivity contribution in [2.75, 3.05) is 40.0 Å². The number of thiophene rings is 1. The number of hydrogen-bond acceptors (Lipinski definition) is 5. The van der Waals surface area contributed by atoms with Gasteiger partial charge in [0.05, 0.1) is 31.2 Å². The Morgan fingerprint density at radius 1 is 1.23 bits per heavy atom. The van der Waals surface area contributed by atoms with Crippen molar-refractivity contribution < 1.29 is 18.7 Å². The summed E-state index contributed by atoms with van der Waals surface area (Å²) in [6.07, 6.45) is 0. The molecule has 0 unspecified atom stereocenters. The fourth-order valence-electron chi connectivity index (χ4n) is 3.91. The lowest BCUT2D eigenvalue weighted by atomic mass is 10.0. The average molecular weight is 429 g/mol. The van der Waals surface area contributed by atoms with Gasteiger partial charge in [-0.1, -0.05) is 18.2 Å². The second-order valence-electron chi connectivity index (χ2n) is 7.32. The van der Waals surface area contributed by atoms with Crippen molar-refractivity contribution in [3.8, 4) is 5.75 Å². The SMILES string of the molecule is COc1ccc([C@@H](CNC(=O)c2sc3cccc(F)c3c2C)N2CCOCC2)cc1. The zero-order valence-corrected chi connectivity index (χ0v) is 17.9. The highest BCUT2D eigenvalue weighted by Gasteiger charge is 2.25. The number of carbonyl (C=O) groups is 1. The maximum atomic E-state index is 14.2. The van der Waals surface area contributed by atoms with Crippen molar-refractivity contribution in [1.29, 1.82) is 0 Å². The van der Waals surface area contributed by atoms with Crippen LogP contribution in [0.1, 0.15) is 26.8 Å². The van der Waals surface area contributed by atoms with Crippen LogP contribution >= 0.6 is 11.3 Å². The minimum atomic E-state index is -0.287. The number of aryl methyl sites for hydroxylation is 1. The van der Waals surface area contributed by atoms with E-state index in [0.29, 0.717) is 35.6 Å². The van der Waals surface area contributed by atoms with E-state index in [1.807, 2.05) is 30.3 Å². The molecule has 1 saturated heterocycles. The van der Waals surface area contributed by atoms with Crippen molar-refractivity contribution in [3.63, 3.8) is 0 Å². The molecule has 1 N–H and O–H groups in total. The van der Waals surface area contributed by atoms with Gasteiger partial charge in [-0.25, -0.2) is 4.39 Å². The van der Waals surface area contributed by atoms with E-state index < -0.39 is 0 Å². The van der Waals surface area contributed by atoms with Crippen LogP contribution in [-0.2, 0) is 4.74 Å². The number of nitrogens with zero attached hydrogens (tertiary/aromatic N) is 1. The molecular formula is C23H25FN2O3S. The van der Waals surface area contributed by atoms with Gasteiger partial charge >= 0.3 is 0 Å². The van der Waals surface area contributed by atoms with Gasteiger partial charge < -0.3 is 14.8 Å². The van der Waals surface area contributed by atoms with Crippen LogP contribution in [0.2, 0.25) is 0 Å². The molecule has 5 nitrogen and oxygen atoms in total. The van der Waals surface area contributed by atoms with Crippen LogP contribution in [0.5, 0.6) is 5.75 Å². The van der Waals surface area contributed by atoms with Crippen molar-refractivity contribution in [2.24, 2.45) is 0 Å². The van der Waals surface area contributed by atoms with Gasteiger partial charge in [-0.15, -0.1) is 11.3 Å². The zero-order valence-electron chi connectivity index (χ0n) is 17.1. The fraction of sp³-hybridized carbons (Fsp3) is 0.348. The number of ether oxygens (including phenoxy) is 2. The first-order chi connectivity index (χ1) is 14.6. The normalized spacial score (nSPS) is 15.8. The number of amides is 1. The summed E-state index contributed by atoms with van der Waals surface area (Å²) in [5, 5.41) is 3.61. The molecule has 0 radical (unpaired) electrons. The predicted molar refractivity (Wildman–Crippen MR) is 117 cm³/mol. The Morgan fingerprint density at radius 2 is 1.97 bits per heavy atom. The minimum absolute atomic E-state index is 0.0233. The number of benzene rings is 2. The van der Waals surface area contributed by atoms with Crippen LogP contribution in [0.3, 0.4) is 0 Å². The number of rotatable bonds is 6. The average Bonchev–Trinajstić information content (AvgIpc) is 3.13. The van der Waals surface area contributed by atoms with Crippen LogP contribution in [0.15, 0.2) is 42.5 Å². The summed E-state index contributed by atoms with van der Waals surface area (Å²) in [5.74, 6) is 0.344. The molecule has 1 atom stereocenters. The molecule has 1 aliphatic heterocycles. The summed E-state index contributed by atoms with van der Waals surface area (Å²) in [7, 11) is 1.64. The predicted octanol–water partition coefficient (Wildman–Crippen LogP) is 4.16. The van der Waals surface area contributed by atoms with E-state index in [-0.39, 0.29) is 17.8 Å². The molecule has 0 bridgehead atoms. The highest BCUT2D eigenvalue weighted by atomic mass is 32.1. The van der Waals surface area contributed by atoms with Gasteiger partial charge in [-0.05, 0) is 42.3 Å². The first kappa shape index (κ1) is 20.8. The number of nitrogens with one attached hydrogen (secondary N) is 1. The van der Waals surface area contributed by atoms with E-state index >= 15 is 0 Å². The van der Waals surface area contributed by atoms with E-state index in [1.54, 1.807) is 20.1 Å². The molecule has 30 heavy (non-hydrogen) atoms. The van der Waals surface area contributed by atoms with E-state index in [4.69, 9.17) is 9.47 Å². The van der Waals surface area contributed by atoms with Gasteiger partial charge in [-0.3, -0.25) is 9.69 Å². The molecule has 3 aromatic rings. The first-order valence-corrected chi connectivity index (χ1v) is 10.8. The standard InChI is InChI=1S/C23H25FN2O3S/c1-15-21-18(24)4-3-5-20(21)30-22(15)23(27)25-14-19(26-10-12-29-13-11-26)16-6-8-17(28-2)9-7-16/h3-9,19H,10-14H2,1-2H3,(H,25,27)/t19-/m1/s1. The van der Waals surface area contributed by atoms with Gasteiger partial charge in [0, 0.05) is 29.7 Å². The van der Waals surface area contributed by atoms with Crippen LogP contribution in [0, 0.1) is 12.7 Å². The van der Waals surface area contributed by atoms with Gasteiger partial charge in [0.15, 0.2) is 0 Å². The zero-order chi connectivity index (χ0) is 21.1. The Labute approximate surface area is 179 Å². The molecule has 0 spiro atoms. The Morgan fingerprint density at radius 3 is 2.63 bits per heavy atom. The molecule has 1 fully saturated rings. The highest BCUT2D eigenvalue weighted by molar-refractivity contribution is 7.21. The molecule has 2 heterocycles. The number of fused-ring (bicyclic) bond motifs is 1. The minimum Gasteiger partial charge on any atom is -0.497 e. The van der Waals surface area contributed by atoms with Crippen molar-refractivity contribution in [2.45, 2.75) is 13.0 Å². The highest BCUT2D eigenvalue weighted by Crippen LogP contribution is 2.32. The molecule has 1 aromatic heterocycles. The molecule has 0 aliphatic carbocycles. The van der Waals surface area contributed by atoms with Crippen LogP contribution in [-0.4, -0.2) is 50.8 Å². The third kappa shape index (κ3) is 4.19. The summed E-state index contributed by atoms with van der Waals surface area (Å²) in [6.45, 7) is 5.23. The van der Waals surface area contributed by atoms with Gasteiger partial charge in [0.25, 0.3) is 5.91 Å². The Bertz CT molecular complexity index is 1030. The molecule has 0 saturated carbocycles. The van der Waals surface area contributed by atoms with Crippen LogP contribution in [0.4, 0.5) is 4.39 Å². The number of morpholine rings is 1. The summed E-state index contributed by atoms with van der Waals surface area (Å²) >= 11 is 1.33. The lowest BCUT2D eigenvalue weighted by molar-refractivity contribution is 0.0162. The molecule has 4 rings (SSSR count). The fourth-order valence-corrected chi connectivity index (χ4v) is 5.05. The summed E-state index contributed by atoms with van der Waals surface area (Å²) in [6, 6.07) is 12.9. The quantitative estimate of drug-likeness (QED) is 0.641. The molecule has 2 aromatic carbocycles. The first-order valence-electron chi connectivity index (χ1n) is 10.00. The van der Waals surface area contributed by atoms with Crippen LogP contribution in [0.25, 0.3) is 10.1 Å². The smallest absolute Gasteiger partial charge is 0.261 e.